The quantitative estimate of drug-likeness (QED) is 0.476. The molecule has 0 fully saturated rings. The number of nitrogens with zero attached hydrogens (tertiary/aromatic N) is 3. The van der Waals surface area contributed by atoms with Gasteiger partial charge in [0.1, 0.15) is 17.3 Å². The van der Waals surface area contributed by atoms with Crippen LogP contribution in [0.3, 0.4) is 0 Å². The highest BCUT2D eigenvalue weighted by Crippen LogP contribution is 2.41. The first-order chi connectivity index (χ1) is 14.3. The summed E-state index contributed by atoms with van der Waals surface area (Å²) in [6, 6.07) is 9.16. The molecule has 4 rings (SSSR count). The van der Waals surface area contributed by atoms with E-state index in [2.05, 4.69) is 15.3 Å². The van der Waals surface area contributed by atoms with Crippen LogP contribution in [0.2, 0.25) is 0 Å². The van der Waals surface area contributed by atoms with Crippen molar-refractivity contribution >= 4 is 28.5 Å². The lowest BCUT2D eigenvalue weighted by atomic mass is 9.84. The molecule has 0 bridgehead atoms. The van der Waals surface area contributed by atoms with Crippen LogP contribution in [-0.4, -0.2) is 32.8 Å². The third-order valence-electron chi connectivity index (χ3n) is 4.83. The van der Waals surface area contributed by atoms with Gasteiger partial charge in [0.05, 0.1) is 24.5 Å². The van der Waals surface area contributed by atoms with Crippen LogP contribution in [-0.2, 0) is 5.41 Å². The fourth-order valence-corrected chi connectivity index (χ4v) is 3.66. The van der Waals surface area contributed by atoms with Crippen molar-refractivity contribution in [3.8, 4) is 17.2 Å². The molecule has 8 heteroatoms. The molecule has 8 nitrogen and oxygen atoms in total. The van der Waals surface area contributed by atoms with Crippen molar-refractivity contribution in [2.24, 2.45) is 0 Å². The van der Waals surface area contributed by atoms with E-state index in [1.165, 1.54) is 17.2 Å². The summed E-state index contributed by atoms with van der Waals surface area (Å²) in [6.07, 6.45) is 3.38. The van der Waals surface area contributed by atoms with Crippen LogP contribution in [0.25, 0.3) is 22.4 Å². The van der Waals surface area contributed by atoms with E-state index in [9.17, 15) is 9.90 Å². The number of hydrogen-bond acceptors (Lipinski definition) is 6. The first kappa shape index (κ1) is 19.5. The molecule has 0 radical (unpaired) electrons. The lowest BCUT2D eigenvalue weighted by Gasteiger charge is -2.20. The number of pyridine rings is 1. The highest BCUT2D eigenvalue weighted by molar-refractivity contribution is 5.99. The topological polar surface area (TPSA) is 102 Å². The molecule has 0 amide bonds. The predicted octanol–water partition coefficient (Wildman–Crippen LogP) is 5.27. The first-order valence-electron chi connectivity index (χ1n) is 9.38. The van der Waals surface area contributed by atoms with Crippen molar-refractivity contribution in [1.82, 2.24) is 14.5 Å². The molecule has 0 atom stereocenters. The molecule has 3 heterocycles. The maximum absolute atomic E-state index is 12.3. The van der Waals surface area contributed by atoms with Crippen LogP contribution in [0.1, 0.15) is 26.3 Å². The monoisotopic (exact) mass is 406 g/mol. The molecule has 3 aromatic heterocycles. The number of rotatable bonds is 4. The van der Waals surface area contributed by atoms with Gasteiger partial charge in [-0.15, -0.1) is 0 Å². The maximum atomic E-state index is 12.3. The number of carboxylic acid groups (broad SMARTS) is 1. The second-order valence-electron chi connectivity index (χ2n) is 7.87. The Bertz CT molecular complexity index is 1220. The van der Waals surface area contributed by atoms with Crippen LogP contribution >= 0.6 is 0 Å². The van der Waals surface area contributed by atoms with Gasteiger partial charge in [-0.1, -0.05) is 32.9 Å². The summed E-state index contributed by atoms with van der Waals surface area (Å²) < 4.78 is 12.1. The van der Waals surface area contributed by atoms with Crippen LogP contribution in [0.4, 0.5) is 16.3 Å². The van der Waals surface area contributed by atoms with Gasteiger partial charge >= 0.3 is 6.09 Å². The smallest absolute Gasteiger partial charge is 0.416 e. The van der Waals surface area contributed by atoms with E-state index in [0.29, 0.717) is 28.5 Å². The van der Waals surface area contributed by atoms with E-state index in [4.69, 9.17) is 9.15 Å². The van der Waals surface area contributed by atoms with Gasteiger partial charge in [0.2, 0.25) is 0 Å². The van der Waals surface area contributed by atoms with E-state index in [1.807, 2.05) is 45.0 Å². The summed E-state index contributed by atoms with van der Waals surface area (Å²) in [7, 11) is 1.59. The number of aromatic nitrogens is 3. The molecule has 1 aromatic carbocycles. The van der Waals surface area contributed by atoms with Gasteiger partial charge < -0.3 is 19.6 Å². The molecule has 2 N–H and O–H groups in total. The fraction of sp³-hybridized carbons (Fsp3) is 0.227. The molecule has 0 saturated heterocycles. The molecular weight excluding hydrogens is 384 g/mol. The number of hydrogen-bond donors (Lipinski definition) is 2. The summed E-state index contributed by atoms with van der Waals surface area (Å²) in [5, 5.41) is 14.0. The molecule has 154 valence electrons. The van der Waals surface area contributed by atoms with Crippen molar-refractivity contribution in [2.75, 3.05) is 12.4 Å². The van der Waals surface area contributed by atoms with E-state index >= 15 is 0 Å². The predicted molar refractivity (Wildman–Crippen MR) is 114 cm³/mol. The first-order valence-corrected chi connectivity index (χ1v) is 9.38. The number of nitrogens with one attached hydrogen (secondary N) is 1. The van der Waals surface area contributed by atoms with Crippen molar-refractivity contribution in [3.63, 3.8) is 0 Å². The van der Waals surface area contributed by atoms with Gasteiger partial charge in [-0.05, 0) is 23.1 Å². The maximum Gasteiger partial charge on any atom is 0.416 e. The average molecular weight is 406 g/mol. The number of fused-ring (bicyclic) bond motifs is 1. The minimum absolute atomic E-state index is 0.361. The SMILES string of the molecule is COc1ccccc1Nc1cc2c(cn1)c(C(C)(C)C)c(-c1cnco1)n2C(=O)O. The van der Waals surface area contributed by atoms with Crippen molar-refractivity contribution in [2.45, 2.75) is 26.2 Å². The minimum Gasteiger partial charge on any atom is -0.495 e. The van der Waals surface area contributed by atoms with Crippen molar-refractivity contribution in [3.05, 3.63) is 54.7 Å². The normalized spacial score (nSPS) is 11.6. The Morgan fingerprint density at radius 2 is 2.00 bits per heavy atom. The van der Waals surface area contributed by atoms with Gasteiger partial charge in [0.15, 0.2) is 12.2 Å². The van der Waals surface area contributed by atoms with Gasteiger partial charge in [-0.2, -0.15) is 0 Å². The van der Waals surface area contributed by atoms with Gasteiger partial charge in [-0.3, -0.25) is 0 Å². The minimum atomic E-state index is -1.11. The zero-order valence-electron chi connectivity index (χ0n) is 17.1. The van der Waals surface area contributed by atoms with E-state index in [1.54, 1.807) is 19.4 Å². The Hall–Kier alpha value is -3.81. The van der Waals surface area contributed by atoms with E-state index < -0.39 is 6.09 Å². The van der Waals surface area contributed by atoms with Crippen LogP contribution in [0.15, 0.2) is 53.5 Å². The Morgan fingerprint density at radius 3 is 2.63 bits per heavy atom. The number of para-hydroxylation sites is 2. The third kappa shape index (κ3) is 3.26. The summed E-state index contributed by atoms with van der Waals surface area (Å²) in [6.45, 7) is 6.07. The number of anilines is 2. The molecule has 0 unspecified atom stereocenters. The van der Waals surface area contributed by atoms with Gasteiger partial charge in [-0.25, -0.2) is 19.3 Å². The van der Waals surface area contributed by atoms with E-state index in [-0.39, 0.29) is 5.41 Å². The second kappa shape index (κ2) is 7.22. The van der Waals surface area contributed by atoms with Crippen LogP contribution in [0.5, 0.6) is 5.75 Å². The average Bonchev–Trinajstić information content (AvgIpc) is 3.33. The van der Waals surface area contributed by atoms with Gasteiger partial charge in [0, 0.05) is 17.6 Å². The number of oxazole rings is 1. The van der Waals surface area contributed by atoms with E-state index in [0.717, 1.165) is 16.6 Å². The Kier molecular flexibility index (Phi) is 4.69. The molecule has 0 spiro atoms. The van der Waals surface area contributed by atoms with Crippen LogP contribution in [0, 0.1) is 0 Å². The molecule has 30 heavy (non-hydrogen) atoms. The lowest BCUT2D eigenvalue weighted by molar-refractivity contribution is 0.197. The number of ether oxygens (including phenoxy) is 1. The molecule has 0 saturated carbocycles. The van der Waals surface area contributed by atoms with Crippen molar-refractivity contribution < 1.29 is 19.1 Å². The second-order valence-corrected chi connectivity index (χ2v) is 7.87. The molecular formula is C22H22N4O4. The summed E-state index contributed by atoms with van der Waals surface area (Å²) in [5.41, 5.74) is 2.16. The molecule has 4 aromatic rings. The van der Waals surface area contributed by atoms with Crippen LogP contribution < -0.4 is 10.1 Å². The fourth-order valence-electron chi connectivity index (χ4n) is 3.66. The Labute approximate surface area is 173 Å². The highest BCUT2D eigenvalue weighted by atomic mass is 16.5. The van der Waals surface area contributed by atoms with Crippen molar-refractivity contribution in [1.29, 1.82) is 0 Å². The van der Waals surface area contributed by atoms with Gasteiger partial charge in [0.25, 0.3) is 0 Å². The molecule has 0 aliphatic rings. The largest absolute Gasteiger partial charge is 0.495 e. The Morgan fingerprint density at radius 1 is 1.23 bits per heavy atom. The summed E-state index contributed by atoms with van der Waals surface area (Å²) >= 11 is 0. The lowest BCUT2D eigenvalue weighted by Crippen LogP contribution is -2.15. The third-order valence-corrected chi connectivity index (χ3v) is 4.83. The molecule has 0 aliphatic carbocycles. The zero-order chi connectivity index (χ0) is 21.5. The molecule has 0 aliphatic heterocycles. The summed E-state index contributed by atoms with van der Waals surface area (Å²) in [5.74, 6) is 1.54. The standard InChI is InChI=1S/C22H22N4O4/c1-22(2,3)19-13-10-24-18(25-14-7-5-6-8-16(14)29-4)9-15(13)26(21(27)28)20(19)17-11-23-12-30-17/h5-12H,1-4H3,(H,24,25)(H,27,28). The Balaban J connectivity index is 1.96. The summed E-state index contributed by atoms with van der Waals surface area (Å²) in [4.78, 5) is 20.8. The highest BCUT2D eigenvalue weighted by Gasteiger charge is 2.31. The number of carbonyl (C=O) groups is 1. The number of benzene rings is 1. The zero-order valence-corrected chi connectivity index (χ0v) is 17.1. The number of methoxy groups -OCH3 is 1.